The van der Waals surface area contributed by atoms with Crippen molar-refractivity contribution >= 4 is 11.6 Å². The summed E-state index contributed by atoms with van der Waals surface area (Å²) in [5.41, 5.74) is 1.11. The quantitative estimate of drug-likeness (QED) is 0.892. The zero-order valence-electron chi connectivity index (χ0n) is 10.7. The number of aromatic nitrogens is 1. The van der Waals surface area contributed by atoms with E-state index < -0.39 is 0 Å². The minimum absolute atomic E-state index is 0.310. The lowest BCUT2D eigenvalue weighted by Crippen LogP contribution is -2.35. The van der Waals surface area contributed by atoms with Crippen molar-refractivity contribution in [1.29, 1.82) is 0 Å². The predicted molar refractivity (Wildman–Crippen MR) is 73.6 cm³/mol. The molecule has 0 aliphatic carbocycles. The van der Waals surface area contributed by atoms with Gasteiger partial charge in [-0.05, 0) is 44.2 Å². The minimum atomic E-state index is 0.310. The van der Waals surface area contributed by atoms with Crippen molar-refractivity contribution in [2.24, 2.45) is 5.92 Å². The average Bonchev–Trinajstić information content (AvgIpc) is 2.40. The molecule has 0 bridgehead atoms. The first kappa shape index (κ1) is 13.8. The van der Waals surface area contributed by atoms with Crippen molar-refractivity contribution in [3.63, 3.8) is 0 Å². The highest BCUT2D eigenvalue weighted by Crippen LogP contribution is 2.23. The molecule has 0 amide bonds. The van der Waals surface area contributed by atoms with Crippen LogP contribution >= 0.6 is 11.6 Å². The molecule has 4 heteroatoms. The van der Waals surface area contributed by atoms with Gasteiger partial charge in [0.15, 0.2) is 0 Å². The van der Waals surface area contributed by atoms with Crippen LogP contribution in [-0.2, 0) is 6.54 Å². The van der Waals surface area contributed by atoms with E-state index in [4.69, 9.17) is 16.7 Å². The minimum Gasteiger partial charge on any atom is -0.396 e. The van der Waals surface area contributed by atoms with E-state index in [1.165, 1.54) is 12.8 Å². The largest absolute Gasteiger partial charge is 0.396 e. The highest BCUT2D eigenvalue weighted by Gasteiger charge is 2.20. The third kappa shape index (κ3) is 3.94. The molecule has 1 aliphatic rings. The van der Waals surface area contributed by atoms with Crippen molar-refractivity contribution in [2.45, 2.75) is 32.2 Å². The molecular weight excluding hydrogens is 248 g/mol. The second kappa shape index (κ2) is 7.07. The Morgan fingerprint density at radius 3 is 3.17 bits per heavy atom. The molecule has 1 aliphatic heterocycles. The fourth-order valence-electron chi connectivity index (χ4n) is 2.68. The number of aliphatic hydroxyl groups is 1. The van der Waals surface area contributed by atoms with E-state index in [0.717, 1.165) is 49.0 Å². The Morgan fingerprint density at radius 1 is 1.50 bits per heavy atom. The highest BCUT2D eigenvalue weighted by atomic mass is 35.5. The molecule has 1 unspecified atom stereocenters. The van der Waals surface area contributed by atoms with Crippen molar-refractivity contribution in [1.82, 2.24) is 9.88 Å². The van der Waals surface area contributed by atoms with Gasteiger partial charge in [0.2, 0.25) is 0 Å². The summed E-state index contributed by atoms with van der Waals surface area (Å²) in [5, 5.41) is 9.70. The van der Waals surface area contributed by atoms with Gasteiger partial charge in [0.25, 0.3) is 0 Å². The van der Waals surface area contributed by atoms with E-state index in [1.54, 1.807) is 6.20 Å². The van der Waals surface area contributed by atoms with Crippen LogP contribution in [0.1, 0.15) is 31.2 Å². The van der Waals surface area contributed by atoms with Crippen LogP contribution in [0.5, 0.6) is 0 Å². The normalized spacial score (nSPS) is 21.1. The number of hydrogen-bond acceptors (Lipinski definition) is 3. The van der Waals surface area contributed by atoms with Gasteiger partial charge >= 0.3 is 0 Å². The molecule has 1 aromatic heterocycles. The molecule has 1 atom stereocenters. The van der Waals surface area contributed by atoms with Crippen molar-refractivity contribution < 1.29 is 5.11 Å². The van der Waals surface area contributed by atoms with E-state index in [2.05, 4.69) is 9.88 Å². The molecule has 0 radical (unpaired) electrons. The van der Waals surface area contributed by atoms with Crippen LogP contribution in [0.2, 0.25) is 5.02 Å². The lowest BCUT2D eigenvalue weighted by Gasteiger charge is -2.32. The molecule has 100 valence electrons. The summed E-state index contributed by atoms with van der Waals surface area (Å²) in [6, 6.07) is 1.85. The van der Waals surface area contributed by atoms with E-state index in [9.17, 15) is 0 Å². The van der Waals surface area contributed by atoms with Crippen LogP contribution < -0.4 is 0 Å². The van der Waals surface area contributed by atoms with Crippen LogP contribution in [0, 0.1) is 5.92 Å². The summed E-state index contributed by atoms with van der Waals surface area (Å²) in [5.74, 6) is 0.723. The Hall–Kier alpha value is -0.640. The third-order valence-corrected chi connectivity index (χ3v) is 3.98. The number of nitrogens with zero attached hydrogens (tertiary/aromatic N) is 2. The van der Waals surface area contributed by atoms with E-state index in [-0.39, 0.29) is 0 Å². The number of likely N-dealkylation sites (tertiary alicyclic amines) is 1. The molecule has 0 spiro atoms. The fourth-order valence-corrected chi connectivity index (χ4v) is 2.84. The van der Waals surface area contributed by atoms with Gasteiger partial charge in [0, 0.05) is 42.7 Å². The first-order valence-electron chi connectivity index (χ1n) is 6.71. The number of pyridine rings is 1. The van der Waals surface area contributed by atoms with Gasteiger partial charge in [-0.1, -0.05) is 11.6 Å². The average molecular weight is 269 g/mol. The molecular formula is C14H21ClN2O. The van der Waals surface area contributed by atoms with Gasteiger partial charge < -0.3 is 5.11 Å². The maximum absolute atomic E-state index is 8.90. The molecule has 18 heavy (non-hydrogen) atoms. The number of hydrogen-bond donors (Lipinski definition) is 1. The van der Waals surface area contributed by atoms with Crippen LogP contribution in [0.15, 0.2) is 18.5 Å². The topological polar surface area (TPSA) is 36.4 Å². The molecule has 2 rings (SSSR count). The van der Waals surface area contributed by atoms with Gasteiger partial charge in [0.1, 0.15) is 0 Å². The smallest absolute Gasteiger partial charge is 0.0481 e. The first-order valence-corrected chi connectivity index (χ1v) is 7.09. The lowest BCUT2D eigenvalue weighted by atomic mass is 9.93. The van der Waals surface area contributed by atoms with Crippen LogP contribution in [0.4, 0.5) is 0 Å². The Labute approximate surface area is 114 Å². The maximum Gasteiger partial charge on any atom is 0.0481 e. The Balaban J connectivity index is 1.87. The second-order valence-corrected chi connectivity index (χ2v) is 5.48. The Bertz CT molecular complexity index is 373. The lowest BCUT2D eigenvalue weighted by molar-refractivity contribution is 0.153. The summed E-state index contributed by atoms with van der Waals surface area (Å²) >= 11 is 6.16. The zero-order valence-corrected chi connectivity index (χ0v) is 11.4. The number of piperidine rings is 1. The van der Waals surface area contributed by atoms with Crippen molar-refractivity contribution in [2.75, 3.05) is 19.7 Å². The van der Waals surface area contributed by atoms with Gasteiger partial charge in [-0.25, -0.2) is 0 Å². The molecule has 3 nitrogen and oxygen atoms in total. The van der Waals surface area contributed by atoms with Crippen LogP contribution in [-0.4, -0.2) is 34.7 Å². The fraction of sp³-hybridized carbons (Fsp3) is 0.643. The summed E-state index contributed by atoms with van der Waals surface area (Å²) in [6.45, 7) is 3.46. The van der Waals surface area contributed by atoms with Gasteiger partial charge in [-0.3, -0.25) is 9.88 Å². The van der Waals surface area contributed by atoms with E-state index in [0.29, 0.717) is 6.61 Å². The number of rotatable bonds is 5. The summed E-state index contributed by atoms with van der Waals surface area (Å²) in [6.07, 6.45) is 8.18. The van der Waals surface area contributed by atoms with Gasteiger partial charge in [0.05, 0.1) is 0 Å². The monoisotopic (exact) mass is 268 g/mol. The third-order valence-electron chi connectivity index (χ3n) is 3.61. The number of halogens is 1. The SMILES string of the molecule is OCCCC1CCCN(Cc2cnccc2Cl)C1. The zero-order chi connectivity index (χ0) is 12.8. The predicted octanol–water partition coefficient (Wildman–Crippen LogP) is 2.72. The van der Waals surface area contributed by atoms with E-state index >= 15 is 0 Å². The molecule has 0 aromatic carbocycles. The molecule has 1 fully saturated rings. The molecule has 0 saturated carbocycles. The second-order valence-electron chi connectivity index (χ2n) is 5.08. The molecule has 2 heterocycles. The Morgan fingerprint density at radius 2 is 2.39 bits per heavy atom. The highest BCUT2D eigenvalue weighted by molar-refractivity contribution is 6.31. The van der Waals surface area contributed by atoms with Crippen molar-refractivity contribution in [3.05, 3.63) is 29.0 Å². The molecule has 1 saturated heterocycles. The van der Waals surface area contributed by atoms with Gasteiger partial charge in [-0.2, -0.15) is 0 Å². The maximum atomic E-state index is 8.90. The van der Waals surface area contributed by atoms with Crippen LogP contribution in [0.25, 0.3) is 0 Å². The summed E-state index contributed by atoms with van der Waals surface area (Å²) < 4.78 is 0. The van der Waals surface area contributed by atoms with Crippen molar-refractivity contribution in [3.8, 4) is 0 Å². The van der Waals surface area contributed by atoms with Gasteiger partial charge in [-0.15, -0.1) is 0 Å². The summed E-state index contributed by atoms with van der Waals surface area (Å²) in [7, 11) is 0. The molecule has 1 N–H and O–H groups in total. The van der Waals surface area contributed by atoms with Crippen LogP contribution in [0.3, 0.4) is 0 Å². The Kier molecular flexibility index (Phi) is 5.42. The molecule has 1 aromatic rings. The first-order chi connectivity index (χ1) is 8.79. The summed E-state index contributed by atoms with van der Waals surface area (Å²) in [4.78, 5) is 6.59. The standard InChI is InChI=1S/C14H21ClN2O/c15-14-5-6-16-9-13(14)11-17-7-1-3-12(10-17)4-2-8-18/h5-6,9,12,18H,1-4,7-8,10-11H2. The van der Waals surface area contributed by atoms with E-state index in [1.807, 2.05) is 12.3 Å². The number of aliphatic hydroxyl groups excluding tert-OH is 1.